The average molecular weight is 300 g/mol. The molecule has 0 spiro atoms. The fourth-order valence-corrected chi connectivity index (χ4v) is 2.62. The van der Waals surface area contributed by atoms with E-state index >= 15 is 0 Å². The lowest BCUT2D eigenvalue weighted by molar-refractivity contribution is 0.267. The molecule has 0 radical (unpaired) electrons. The van der Waals surface area contributed by atoms with E-state index in [1.807, 2.05) is 11.4 Å². The van der Waals surface area contributed by atoms with Crippen LogP contribution in [0, 0.1) is 0 Å². The Labute approximate surface area is 123 Å². The van der Waals surface area contributed by atoms with Crippen LogP contribution in [-0.4, -0.2) is 27.7 Å². The summed E-state index contributed by atoms with van der Waals surface area (Å²) in [6, 6.07) is 1.94. The zero-order valence-electron chi connectivity index (χ0n) is 10.9. The summed E-state index contributed by atoms with van der Waals surface area (Å²) in [5, 5.41) is 14.6. The third-order valence-electron chi connectivity index (χ3n) is 2.79. The van der Waals surface area contributed by atoms with E-state index in [2.05, 4.69) is 22.2 Å². The van der Waals surface area contributed by atoms with Crippen molar-refractivity contribution in [1.82, 2.24) is 9.97 Å². The van der Waals surface area contributed by atoms with Crippen molar-refractivity contribution in [3.8, 4) is 0 Å². The fraction of sp³-hybridized carbons (Fsp3) is 0.500. The first-order valence-corrected chi connectivity index (χ1v) is 7.00. The smallest absolute Gasteiger partial charge is 0.222 e. The number of nitrogens with two attached hydrogens (primary N) is 1. The number of aliphatic hydroxyl groups excluding tert-OH is 1. The standard InChI is InChI=1S/C12H18N4OS.H2S/c1-2-3-4-8(7-17)14-11-10-9(5-6-18-10)15-12(13)16-11;/h5-6,8,17H,2-4,7H2,1H3,(H3,13,14,15,16);1H2/t8-;/m0./s1. The van der Waals surface area contributed by atoms with Gasteiger partial charge >= 0.3 is 0 Å². The summed E-state index contributed by atoms with van der Waals surface area (Å²) in [5.74, 6) is 0.984. The summed E-state index contributed by atoms with van der Waals surface area (Å²) in [7, 11) is 0. The van der Waals surface area contributed by atoms with Gasteiger partial charge in [0.15, 0.2) is 0 Å². The van der Waals surface area contributed by atoms with Gasteiger partial charge in [-0.05, 0) is 17.9 Å². The molecule has 4 N–H and O–H groups in total. The summed E-state index contributed by atoms with van der Waals surface area (Å²) in [6.45, 7) is 2.23. The lowest BCUT2D eigenvalue weighted by atomic mass is 10.1. The van der Waals surface area contributed by atoms with Crippen LogP contribution in [0.1, 0.15) is 26.2 Å². The van der Waals surface area contributed by atoms with E-state index in [1.165, 1.54) is 0 Å². The highest BCUT2D eigenvalue weighted by Crippen LogP contribution is 2.27. The minimum Gasteiger partial charge on any atom is -0.394 e. The predicted molar refractivity (Wildman–Crippen MR) is 86.2 cm³/mol. The van der Waals surface area contributed by atoms with Crippen molar-refractivity contribution in [2.75, 3.05) is 17.7 Å². The van der Waals surface area contributed by atoms with Crippen LogP contribution in [0.3, 0.4) is 0 Å². The molecule has 0 saturated carbocycles. The van der Waals surface area contributed by atoms with E-state index in [1.54, 1.807) is 11.3 Å². The molecule has 0 saturated heterocycles. The summed E-state index contributed by atoms with van der Waals surface area (Å²) >= 11 is 1.57. The van der Waals surface area contributed by atoms with Crippen molar-refractivity contribution in [2.45, 2.75) is 32.2 Å². The first-order chi connectivity index (χ1) is 8.74. The number of hydrogen-bond donors (Lipinski definition) is 3. The second kappa shape index (κ2) is 7.52. The first kappa shape index (κ1) is 16.0. The number of nitrogens with one attached hydrogen (secondary N) is 1. The van der Waals surface area contributed by atoms with E-state index in [0.717, 1.165) is 35.3 Å². The van der Waals surface area contributed by atoms with Gasteiger partial charge in [-0.3, -0.25) is 0 Å². The van der Waals surface area contributed by atoms with Crippen LogP contribution in [0.25, 0.3) is 10.2 Å². The number of nitrogens with zero attached hydrogens (tertiary/aromatic N) is 2. The molecule has 2 aromatic rings. The predicted octanol–water partition coefficient (Wildman–Crippen LogP) is 2.35. The summed E-state index contributed by atoms with van der Waals surface area (Å²) < 4.78 is 0.985. The molecular formula is C12H20N4OS2. The lowest BCUT2D eigenvalue weighted by Crippen LogP contribution is -2.24. The molecule has 0 fully saturated rings. The highest BCUT2D eigenvalue weighted by Gasteiger charge is 2.12. The number of aromatic nitrogens is 2. The zero-order chi connectivity index (χ0) is 13.0. The summed E-state index contributed by atoms with van der Waals surface area (Å²) in [4.78, 5) is 8.39. The van der Waals surface area contributed by atoms with Gasteiger partial charge < -0.3 is 16.2 Å². The van der Waals surface area contributed by atoms with Gasteiger partial charge in [0.05, 0.1) is 22.9 Å². The summed E-state index contributed by atoms with van der Waals surface area (Å²) in [6.07, 6.45) is 3.11. The maximum atomic E-state index is 9.37. The number of hydrogen-bond acceptors (Lipinski definition) is 6. The minimum absolute atomic E-state index is 0. The van der Waals surface area contributed by atoms with Crippen molar-refractivity contribution in [1.29, 1.82) is 0 Å². The normalized spacial score (nSPS) is 12.1. The van der Waals surface area contributed by atoms with Crippen molar-refractivity contribution in [3.05, 3.63) is 11.4 Å². The van der Waals surface area contributed by atoms with Gasteiger partial charge in [-0.25, -0.2) is 4.98 Å². The van der Waals surface area contributed by atoms with Gasteiger partial charge in [-0.2, -0.15) is 18.5 Å². The minimum atomic E-state index is 0. The quantitative estimate of drug-likeness (QED) is 0.762. The number of rotatable bonds is 6. The number of fused-ring (bicyclic) bond motifs is 1. The number of anilines is 2. The molecule has 2 heterocycles. The topological polar surface area (TPSA) is 84.1 Å². The van der Waals surface area contributed by atoms with Crippen LogP contribution < -0.4 is 11.1 Å². The van der Waals surface area contributed by atoms with Crippen molar-refractivity contribution in [2.24, 2.45) is 0 Å². The zero-order valence-corrected chi connectivity index (χ0v) is 12.7. The Bertz CT molecular complexity index is 517. The van der Waals surface area contributed by atoms with Crippen LogP contribution in [-0.2, 0) is 0 Å². The van der Waals surface area contributed by atoms with Gasteiger partial charge in [-0.15, -0.1) is 11.3 Å². The van der Waals surface area contributed by atoms with E-state index in [4.69, 9.17) is 5.73 Å². The summed E-state index contributed by atoms with van der Waals surface area (Å²) in [5.41, 5.74) is 6.53. The third-order valence-corrected chi connectivity index (χ3v) is 3.70. The molecule has 0 aliphatic rings. The second-order valence-electron chi connectivity index (χ2n) is 4.23. The van der Waals surface area contributed by atoms with Crippen molar-refractivity contribution in [3.63, 3.8) is 0 Å². The molecule has 106 valence electrons. The van der Waals surface area contributed by atoms with E-state index in [-0.39, 0.29) is 32.1 Å². The van der Waals surface area contributed by atoms with Gasteiger partial charge in [0.25, 0.3) is 0 Å². The van der Waals surface area contributed by atoms with Crippen LogP contribution in [0.15, 0.2) is 11.4 Å². The van der Waals surface area contributed by atoms with Crippen LogP contribution >= 0.6 is 24.8 Å². The molecule has 0 amide bonds. The lowest BCUT2D eigenvalue weighted by Gasteiger charge is -2.17. The van der Waals surface area contributed by atoms with E-state index in [9.17, 15) is 5.11 Å². The van der Waals surface area contributed by atoms with Crippen LogP contribution in [0.5, 0.6) is 0 Å². The molecular weight excluding hydrogens is 280 g/mol. The molecule has 0 aliphatic carbocycles. The Hall–Kier alpha value is -1.05. The molecule has 2 rings (SSSR count). The molecule has 0 unspecified atom stereocenters. The van der Waals surface area contributed by atoms with Gasteiger partial charge in [-0.1, -0.05) is 19.8 Å². The highest BCUT2D eigenvalue weighted by atomic mass is 32.1. The maximum Gasteiger partial charge on any atom is 0.222 e. The fourth-order valence-electron chi connectivity index (χ4n) is 1.83. The molecule has 5 nitrogen and oxygen atoms in total. The second-order valence-corrected chi connectivity index (χ2v) is 5.15. The Morgan fingerprint density at radius 2 is 2.26 bits per heavy atom. The largest absolute Gasteiger partial charge is 0.394 e. The molecule has 19 heavy (non-hydrogen) atoms. The SMILES string of the molecule is CCCC[C@@H](CO)Nc1nc(N)nc2ccsc12.S. The maximum absolute atomic E-state index is 9.37. The Kier molecular flexibility index (Phi) is 6.33. The van der Waals surface area contributed by atoms with E-state index in [0.29, 0.717) is 0 Å². The molecule has 2 aromatic heterocycles. The van der Waals surface area contributed by atoms with E-state index < -0.39 is 0 Å². The van der Waals surface area contributed by atoms with Crippen molar-refractivity contribution >= 4 is 46.8 Å². The molecule has 0 bridgehead atoms. The molecule has 0 aliphatic heterocycles. The molecule has 0 aromatic carbocycles. The van der Waals surface area contributed by atoms with Gasteiger partial charge in [0.1, 0.15) is 5.82 Å². The Morgan fingerprint density at radius 1 is 1.47 bits per heavy atom. The van der Waals surface area contributed by atoms with Gasteiger partial charge in [0.2, 0.25) is 5.95 Å². The number of nitrogen functional groups attached to an aromatic ring is 1. The highest BCUT2D eigenvalue weighted by molar-refractivity contribution is 7.59. The Morgan fingerprint density at radius 3 is 2.95 bits per heavy atom. The monoisotopic (exact) mass is 300 g/mol. The number of unbranched alkanes of at least 4 members (excludes halogenated alkanes) is 1. The average Bonchev–Trinajstić information content (AvgIpc) is 2.82. The number of thiophene rings is 1. The first-order valence-electron chi connectivity index (χ1n) is 6.12. The molecule has 7 heteroatoms. The Balaban J connectivity index is 0.00000180. The number of aliphatic hydroxyl groups is 1. The van der Waals surface area contributed by atoms with Crippen LogP contribution in [0.2, 0.25) is 0 Å². The molecule has 1 atom stereocenters. The van der Waals surface area contributed by atoms with Gasteiger partial charge in [0, 0.05) is 0 Å². The van der Waals surface area contributed by atoms with Crippen molar-refractivity contribution < 1.29 is 5.11 Å². The van der Waals surface area contributed by atoms with Crippen LogP contribution in [0.4, 0.5) is 11.8 Å². The third kappa shape index (κ3) is 3.95.